The van der Waals surface area contributed by atoms with Gasteiger partial charge in [0, 0.05) is 10.00 Å². The van der Waals surface area contributed by atoms with Crippen molar-refractivity contribution >= 4 is 21.6 Å². The zero-order valence-corrected chi connectivity index (χ0v) is 11.5. The van der Waals surface area contributed by atoms with Crippen molar-refractivity contribution in [1.82, 2.24) is 0 Å². The summed E-state index contributed by atoms with van der Waals surface area (Å²) in [6.07, 6.45) is 2.60. The van der Waals surface area contributed by atoms with Crippen LogP contribution in [0.15, 0.2) is 0 Å². The molecule has 0 saturated carbocycles. The number of hydrogen-bond donors (Lipinski definition) is 0. The van der Waals surface area contributed by atoms with Crippen LogP contribution in [0.2, 0.25) is 0 Å². The van der Waals surface area contributed by atoms with Gasteiger partial charge in [-0.3, -0.25) is 0 Å². The Morgan fingerprint density at radius 3 is 1.92 bits per heavy atom. The van der Waals surface area contributed by atoms with Gasteiger partial charge in [0.15, 0.2) is 0 Å². The standard InChI is InChI=1S/C11H24S2/c1-7-9(3)10(8-2)12-13-11(4,5)6/h9-10H,7-8H2,1-6H3/t9?,10-/m0/s1. The summed E-state index contributed by atoms with van der Waals surface area (Å²) >= 11 is 0. The molecule has 2 heteroatoms. The van der Waals surface area contributed by atoms with Gasteiger partial charge < -0.3 is 0 Å². The molecular formula is C11H24S2. The summed E-state index contributed by atoms with van der Waals surface area (Å²) in [5.74, 6) is 0.852. The highest BCUT2D eigenvalue weighted by Crippen LogP contribution is 2.41. The average Bonchev–Trinajstić information content (AvgIpc) is 2.03. The molecule has 0 heterocycles. The van der Waals surface area contributed by atoms with E-state index < -0.39 is 0 Å². The van der Waals surface area contributed by atoms with E-state index in [9.17, 15) is 0 Å². The summed E-state index contributed by atoms with van der Waals surface area (Å²) in [5.41, 5.74) is 0. The quantitative estimate of drug-likeness (QED) is 0.599. The fourth-order valence-corrected chi connectivity index (χ4v) is 4.18. The molecule has 0 radical (unpaired) electrons. The van der Waals surface area contributed by atoms with E-state index in [0.717, 1.165) is 11.2 Å². The summed E-state index contributed by atoms with van der Waals surface area (Å²) < 4.78 is 0.394. The zero-order chi connectivity index (χ0) is 10.5. The van der Waals surface area contributed by atoms with E-state index in [1.165, 1.54) is 12.8 Å². The van der Waals surface area contributed by atoms with Crippen molar-refractivity contribution in [2.45, 2.75) is 64.4 Å². The summed E-state index contributed by atoms with van der Waals surface area (Å²) in [5, 5.41) is 0.828. The Kier molecular flexibility index (Phi) is 6.57. The molecule has 0 N–H and O–H groups in total. The Labute approximate surface area is 92.0 Å². The molecule has 0 spiro atoms. The lowest BCUT2D eigenvalue weighted by Crippen LogP contribution is -2.13. The molecule has 0 aromatic heterocycles. The molecule has 2 atom stereocenters. The molecule has 0 aromatic carbocycles. The second-order valence-corrected chi connectivity index (χ2v) is 7.89. The molecule has 0 aliphatic rings. The first-order valence-electron chi connectivity index (χ1n) is 5.25. The number of rotatable bonds is 5. The molecule has 0 nitrogen and oxygen atoms in total. The van der Waals surface area contributed by atoms with Crippen molar-refractivity contribution in [2.75, 3.05) is 0 Å². The van der Waals surface area contributed by atoms with Gasteiger partial charge in [-0.1, -0.05) is 69.6 Å². The van der Waals surface area contributed by atoms with Crippen molar-refractivity contribution in [2.24, 2.45) is 5.92 Å². The van der Waals surface area contributed by atoms with E-state index in [1.54, 1.807) is 0 Å². The van der Waals surface area contributed by atoms with Crippen LogP contribution in [-0.4, -0.2) is 10.00 Å². The highest BCUT2D eigenvalue weighted by atomic mass is 33.1. The van der Waals surface area contributed by atoms with Crippen LogP contribution in [0.3, 0.4) is 0 Å². The molecular weight excluding hydrogens is 196 g/mol. The van der Waals surface area contributed by atoms with Crippen LogP contribution >= 0.6 is 21.6 Å². The normalized spacial score (nSPS) is 17.1. The minimum absolute atomic E-state index is 0.394. The smallest absolute Gasteiger partial charge is 0.0179 e. The van der Waals surface area contributed by atoms with Crippen molar-refractivity contribution in [3.8, 4) is 0 Å². The van der Waals surface area contributed by atoms with Gasteiger partial charge in [0.25, 0.3) is 0 Å². The third-order valence-electron chi connectivity index (χ3n) is 2.10. The highest BCUT2D eigenvalue weighted by Gasteiger charge is 2.19. The first kappa shape index (κ1) is 13.7. The van der Waals surface area contributed by atoms with Crippen molar-refractivity contribution < 1.29 is 0 Å². The topological polar surface area (TPSA) is 0 Å². The Balaban J connectivity index is 3.85. The first-order chi connectivity index (χ1) is 5.90. The van der Waals surface area contributed by atoms with Crippen molar-refractivity contribution in [3.63, 3.8) is 0 Å². The average molecular weight is 220 g/mol. The fraction of sp³-hybridized carbons (Fsp3) is 1.00. The molecule has 80 valence electrons. The monoisotopic (exact) mass is 220 g/mol. The van der Waals surface area contributed by atoms with Crippen LogP contribution in [0, 0.1) is 5.92 Å². The van der Waals surface area contributed by atoms with Gasteiger partial charge in [0.2, 0.25) is 0 Å². The second kappa shape index (κ2) is 6.23. The lowest BCUT2D eigenvalue weighted by molar-refractivity contribution is 0.526. The van der Waals surface area contributed by atoms with Crippen LogP contribution in [-0.2, 0) is 0 Å². The SMILES string of the molecule is CCC(C)[C@H](CC)SSC(C)(C)C. The van der Waals surface area contributed by atoms with Gasteiger partial charge >= 0.3 is 0 Å². The summed E-state index contributed by atoms with van der Waals surface area (Å²) in [6.45, 7) is 13.8. The van der Waals surface area contributed by atoms with Crippen LogP contribution < -0.4 is 0 Å². The summed E-state index contributed by atoms with van der Waals surface area (Å²) in [4.78, 5) is 0. The Morgan fingerprint density at radius 1 is 1.08 bits per heavy atom. The third kappa shape index (κ3) is 6.73. The minimum atomic E-state index is 0.394. The van der Waals surface area contributed by atoms with Crippen LogP contribution in [0.1, 0.15) is 54.4 Å². The maximum Gasteiger partial charge on any atom is 0.0179 e. The van der Waals surface area contributed by atoms with E-state index >= 15 is 0 Å². The molecule has 0 saturated heterocycles. The molecule has 0 fully saturated rings. The maximum atomic E-state index is 2.37. The van der Waals surface area contributed by atoms with Gasteiger partial charge in [0.05, 0.1) is 0 Å². The Morgan fingerprint density at radius 2 is 1.62 bits per heavy atom. The minimum Gasteiger partial charge on any atom is -0.0899 e. The Bertz CT molecular complexity index is 127. The van der Waals surface area contributed by atoms with Crippen molar-refractivity contribution in [3.05, 3.63) is 0 Å². The molecule has 0 aromatic rings. The van der Waals surface area contributed by atoms with Gasteiger partial charge in [-0.05, 0) is 12.3 Å². The lowest BCUT2D eigenvalue weighted by atomic mass is 10.0. The van der Waals surface area contributed by atoms with E-state index in [1.807, 2.05) is 10.8 Å². The molecule has 13 heavy (non-hydrogen) atoms. The zero-order valence-electron chi connectivity index (χ0n) is 9.89. The maximum absolute atomic E-state index is 2.37. The molecule has 0 rings (SSSR count). The molecule has 0 aliphatic heterocycles. The van der Waals surface area contributed by atoms with Gasteiger partial charge in [-0.2, -0.15) is 0 Å². The van der Waals surface area contributed by atoms with Crippen molar-refractivity contribution in [1.29, 1.82) is 0 Å². The molecule has 1 unspecified atom stereocenters. The Hall–Kier alpha value is 0.700. The molecule has 0 aliphatic carbocycles. The van der Waals surface area contributed by atoms with E-state index in [-0.39, 0.29) is 0 Å². The van der Waals surface area contributed by atoms with Gasteiger partial charge in [-0.15, -0.1) is 0 Å². The van der Waals surface area contributed by atoms with E-state index in [4.69, 9.17) is 0 Å². The van der Waals surface area contributed by atoms with E-state index in [0.29, 0.717) is 4.75 Å². The van der Waals surface area contributed by atoms with Crippen LogP contribution in [0.5, 0.6) is 0 Å². The van der Waals surface area contributed by atoms with Gasteiger partial charge in [-0.25, -0.2) is 0 Å². The van der Waals surface area contributed by atoms with Gasteiger partial charge in [0.1, 0.15) is 0 Å². The summed E-state index contributed by atoms with van der Waals surface area (Å²) in [6, 6.07) is 0. The van der Waals surface area contributed by atoms with Crippen LogP contribution in [0.25, 0.3) is 0 Å². The third-order valence-corrected chi connectivity index (χ3v) is 6.27. The predicted molar refractivity (Wildman–Crippen MR) is 68.5 cm³/mol. The predicted octanol–water partition coefficient (Wildman–Crippen LogP) is 4.99. The summed E-state index contributed by atoms with van der Waals surface area (Å²) in [7, 11) is 4.10. The molecule has 0 amide bonds. The first-order valence-corrected chi connectivity index (χ1v) is 7.46. The lowest BCUT2D eigenvalue weighted by Gasteiger charge is -2.24. The second-order valence-electron chi connectivity index (χ2n) is 4.62. The highest BCUT2D eigenvalue weighted by molar-refractivity contribution is 8.77. The largest absolute Gasteiger partial charge is 0.0899 e. The fourth-order valence-electron chi connectivity index (χ4n) is 1.03. The van der Waals surface area contributed by atoms with Crippen LogP contribution in [0.4, 0.5) is 0 Å². The molecule has 0 bridgehead atoms. The van der Waals surface area contributed by atoms with E-state index in [2.05, 4.69) is 52.3 Å². The number of hydrogen-bond acceptors (Lipinski definition) is 2.